The van der Waals surface area contributed by atoms with Crippen molar-refractivity contribution in [1.82, 2.24) is 10.7 Å². The van der Waals surface area contributed by atoms with Crippen molar-refractivity contribution in [1.29, 1.82) is 0 Å². The molecule has 0 bridgehead atoms. The Hall–Kier alpha value is 0.190. The van der Waals surface area contributed by atoms with Crippen LogP contribution in [0.3, 0.4) is 0 Å². The Bertz CT molecular complexity index is 259. The largest absolute Gasteiger partial charge is 0.267 e. The van der Waals surface area contributed by atoms with Crippen molar-refractivity contribution in [2.75, 3.05) is 6.26 Å². The first-order valence-electron chi connectivity index (χ1n) is 3.16. The predicted octanol–water partition coefficient (Wildman–Crippen LogP) is 1.61. The number of nitrogens with two attached hydrogens (primary N) is 1. The SMILES string of the molecule is CSC1=NN(N)NC(C(Cl)(Cl)Cl)=C1. The van der Waals surface area contributed by atoms with Crippen LogP contribution < -0.4 is 11.3 Å². The van der Waals surface area contributed by atoms with Gasteiger partial charge in [-0.05, 0) is 12.3 Å². The second-order valence-corrected chi connectivity index (χ2v) is 5.26. The van der Waals surface area contributed by atoms with Gasteiger partial charge in [-0.2, -0.15) is 0 Å². The molecule has 0 amide bonds. The molecular formula is C5H7Cl3N4S. The lowest BCUT2D eigenvalue weighted by Crippen LogP contribution is -2.44. The summed E-state index contributed by atoms with van der Waals surface area (Å²) in [5.74, 6) is 5.39. The van der Waals surface area contributed by atoms with Crippen LogP contribution in [0.25, 0.3) is 0 Å². The number of allylic oxidation sites excluding steroid dienone is 1. The summed E-state index contributed by atoms with van der Waals surface area (Å²) in [7, 11) is 0. The monoisotopic (exact) mass is 260 g/mol. The Morgan fingerprint density at radius 1 is 1.62 bits per heavy atom. The van der Waals surface area contributed by atoms with E-state index in [-0.39, 0.29) is 0 Å². The number of halogens is 3. The molecule has 4 nitrogen and oxygen atoms in total. The van der Waals surface area contributed by atoms with Crippen LogP contribution in [0.4, 0.5) is 0 Å². The van der Waals surface area contributed by atoms with Gasteiger partial charge in [-0.3, -0.25) is 5.43 Å². The van der Waals surface area contributed by atoms with Gasteiger partial charge in [0.2, 0.25) is 3.79 Å². The molecule has 0 atom stereocenters. The van der Waals surface area contributed by atoms with Crippen molar-refractivity contribution in [2.24, 2.45) is 10.9 Å². The van der Waals surface area contributed by atoms with E-state index < -0.39 is 3.79 Å². The van der Waals surface area contributed by atoms with Gasteiger partial charge in [-0.15, -0.1) is 22.1 Å². The fourth-order valence-corrected chi connectivity index (χ4v) is 1.38. The second kappa shape index (κ2) is 4.14. The van der Waals surface area contributed by atoms with E-state index in [4.69, 9.17) is 40.6 Å². The maximum Gasteiger partial charge on any atom is 0.232 e. The summed E-state index contributed by atoms with van der Waals surface area (Å²) in [4.78, 5) is 0. The van der Waals surface area contributed by atoms with Crippen LogP contribution in [0.1, 0.15) is 0 Å². The molecule has 74 valence electrons. The number of hydrazone groups is 1. The van der Waals surface area contributed by atoms with Gasteiger partial charge in [-0.1, -0.05) is 34.8 Å². The van der Waals surface area contributed by atoms with Gasteiger partial charge in [0.25, 0.3) is 0 Å². The third kappa shape index (κ3) is 3.11. The van der Waals surface area contributed by atoms with Crippen molar-refractivity contribution in [3.05, 3.63) is 11.8 Å². The van der Waals surface area contributed by atoms with Crippen LogP contribution in [-0.2, 0) is 0 Å². The smallest absolute Gasteiger partial charge is 0.232 e. The highest BCUT2D eigenvalue weighted by Crippen LogP contribution is 2.34. The van der Waals surface area contributed by atoms with Gasteiger partial charge in [0.15, 0.2) is 0 Å². The van der Waals surface area contributed by atoms with Gasteiger partial charge < -0.3 is 0 Å². The molecule has 0 aromatic carbocycles. The normalized spacial score (nSPS) is 17.8. The topological polar surface area (TPSA) is 53.6 Å². The summed E-state index contributed by atoms with van der Waals surface area (Å²) in [5, 5.41) is 5.56. The molecule has 1 heterocycles. The molecule has 1 aliphatic heterocycles. The van der Waals surface area contributed by atoms with Crippen molar-refractivity contribution < 1.29 is 0 Å². The molecule has 0 fully saturated rings. The summed E-state index contributed by atoms with van der Waals surface area (Å²) in [5.41, 5.74) is 2.97. The molecule has 0 aromatic heterocycles. The molecule has 3 N–H and O–H groups in total. The number of hydrogen-bond acceptors (Lipinski definition) is 5. The molecule has 1 aliphatic rings. The van der Waals surface area contributed by atoms with E-state index in [1.165, 1.54) is 11.8 Å². The summed E-state index contributed by atoms with van der Waals surface area (Å²) < 4.78 is -1.52. The second-order valence-electron chi connectivity index (χ2n) is 2.15. The van der Waals surface area contributed by atoms with E-state index in [1.807, 2.05) is 6.26 Å². The zero-order valence-corrected chi connectivity index (χ0v) is 9.68. The van der Waals surface area contributed by atoms with Crippen molar-refractivity contribution in [3.63, 3.8) is 0 Å². The first-order chi connectivity index (χ1) is 5.93. The average Bonchev–Trinajstić information content (AvgIpc) is 2.01. The molecular weight excluding hydrogens is 255 g/mol. The summed E-state index contributed by atoms with van der Waals surface area (Å²) in [6.07, 6.45) is 3.48. The van der Waals surface area contributed by atoms with Crippen LogP contribution in [0.5, 0.6) is 0 Å². The molecule has 0 spiro atoms. The lowest BCUT2D eigenvalue weighted by Gasteiger charge is -2.26. The number of nitrogens with zero attached hydrogens (tertiary/aromatic N) is 2. The number of hydrazine groups is 2. The molecule has 0 aliphatic carbocycles. The lowest BCUT2D eigenvalue weighted by molar-refractivity contribution is 0.225. The fourth-order valence-electron chi connectivity index (χ4n) is 0.684. The molecule has 13 heavy (non-hydrogen) atoms. The standard InChI is InChI=1S/C5H7Cl3N4S/c1-13-4-2-3(5(6,7)8)10-12(9)11-4/h2,10H,9H2,1H3. The third-order valence-corrected chi connectivity index (χ3v) is 2.45. The minimum absolute atomic E-state index is 0.374. The van der Waals surface area contributed by atoms with Crippen LogP contribution in [0.15, 0.2) is 16.9 Å². The van der Waals surface area contributed by atoms with Crippen molar-refractivity contribution in [3.8, 4) is 0 Å². The Labute approximate surface area is 95.0 Å². The molecule has 1 rings (SSSR count). The first-order valence-corrected chi connectivity index (χ1v) is 5.52. The van der Waals surface area contributed by atoms with Crippen LogP contribution in [0.2, 0.25) is 0 Å². The number of rotatable bonds is 0. The highest BCUT2D eigenvalue weighted by molar-refractivity contribution is 8.13. The average molecular weight is 262 g/mol. The molecule has 0 saturated carbocycles. The fraction of sp³-hybridized carbons (Fsp3) is 0.400. The van der Waals surface area contributed by atoms with Gasteiger partial charge in [0, 0.05) is 0 Å². The van der Waals surface area contributed by atoms with E-state index in [2.05, 4.69) is 10.5 Å². The molecule has 0 aromatic rings. The number of nitrogens with one attached hydrogen (secondary N) is 1. The summed E-state index contributed by atoms with van der Waals surface area (Å²) in [6, 6.07) is 0. The van der Waals surface area contributed by atoms with Crippen LogP contribution in [0, 0.1) is 0 Å². The minimum Gasteiger partial charge on any atom is -0.267 e. The third-order valence-electron chi connectivity index (χ3n) is 1.22. The highest BCUT2D eigenvalue weighted by Gasteiger charge is 2.29. The van der Waals surface area contributed by atoms with E-state index in [0.29, 0.717) is 10.7 Å². The Balaban J connectivity index is 2.89. The Morgan fingerprint density at radius 2 is 2.23 bits per heavy atom. The van der Waals surface area contributed by atoms with Crippen molar-refractivity contribution >= 4 is 51.6 Å². The number of thioether (sulfide) groups is 1. The van der Waals surface area contributed by atoms with E-state index in [1.54, 1.807) is 6.08 Å². The zero-order valence-electron chi connectivity index (χ0n) is 6.59. The quantitative estimate of drug-likeness (QED) is 0.514. The molecule has 0 radical (unpaired) electrons. The van der Waals surface area contributed by atoms with E-state index >= 15 is 0 Å². The molecule has 0 saturated heterocycles. The highest BCUT2D eigenvalue weighted by atomic mass is 35.6. The maximum absolute atomic E-state index is 5.65. The summed E-state index contributed by atoms with van der Waals surface area (Å²) in [6.45, 7) is 0. The Kier molecular flexibility index (Phi) is 3.59. The zero-order chi connectivity index (χ0) is 10.1. The minimum atomic E-state index is -1.52. The van der Waals surface area contributed by atoms with Gasteiger partial charge >= 0.3 is 0 Å². The summed E-state index contributed by atoms with van der Waals surface area (Å²) >= 11 is 18.4. The van der Waals surface area contributed by atoms with Crippen LogP contribution >= 0.6 is 46.6 Å². The van der Waals surface area contributed by atoms with Crippen molar-refractivity contribution in [2.45, 2.75) is 3.79 Å². The van der Waals surface area contributed by atoms with Crippen LogP contribution in [-0.4, -0.2) is 20.3 Å². The number of alkyl halides is 3. The van der Waals surface area contributed by atoms with Gasteiger partial charge in [-0.25, -0.2) is 5.84 Å². The first kappa shape index (κ1) is 11.3. The lowest BCUT2D eigenvalue weighted by atomic mass is 10.4. The number of hydrogen-bond donors (Lipinski definition) is 2. The Morgan fingerprint density at radius 3 is 2.69 bits per heavy atom. The van der Waals surface area contributed by atoms with Gasteiger partial charge in [0.1, 0.15) is 5.04 Å². The van der Waals surface area contributed by atoms with E-state index in [0.717, 1.165) is 5.23 Å². The maximum atomic E-state index is 5.65. The molecule has 8 heteroatoms. The molecule has 0 unspecified atom stereocenters. The predicted molar refractivity (Wildman–Crippen MR) is 58.5 cm³/mol. The van der Waals surface area contributed by atoms with Gasteiger partial charge in [0.05, 0.1) is 5.70 Å². The van der Waals surface area contributed by atoms with E-state index in [9.17, 15) is 0 Å².